The molecule has 1 fully saturated rings. The van der Waals surface area contributed by atoms with Gasteiger partial charge in [0.1, 0.15) is 0 Å². The number of anilines is 1. The minimum atomic E-state index is -0.219. The second kappa shape index (κ2) is 5.46. The molecule has 1 atom stereocenters. The second-order valence-electron chi connectivity index (χ2n) is 3.71. The van der Waals surface area contributed by atoms with Gasteiger partial charge in [0.2, 0.25) is 0 Å². The Kier molecular flexibility index (Phi) is 3.71. The van der Waals surface area contributed by atoms with Crippen LogP contribution in [0.5, 0.6) is 0 Å². The smallest absolute Gasteiger partial charge is 0.319 e. The van der Waals surface area contributed by atoms with Gasteiger partial charge in [-0.3, -0.25) is 4.98 Å². The fourth-order valence-corrected chi connectivity index (χ4v) is 1.62. The highest BCUT2D eigenvalue weighted by Crippen LogP contribution is 2.10. The number of carbonyl (C=O) groups excluding carboxylic acids is 1. The van der Waals surface area contributed by atoms with Gasteiger partial charge in [-0.2, -0.15) is 0 Å². The average molecular weight is 221 g/mol. The van der Waals surface area contributed by atoms with Gasteiger partial charge in [-0.25, -0.2) is 4.79 Å². The third-order valence-electron chi connectivity index (χ3n) is 2.43. The summed E-state index contributed by atoms with van der Waals surface area (Å²) in [7, 11) is 0. The summed E-state index contributed by atoms with van der Waals surface area (Å²) in [6.07, 6.45) is 5.53. The molecule has 0 saturated carbocycles. The number of urea groups is 1. The van der Waals surface area contributed by atoms with E-state index in [1.165, 1.54) is 0 Å². The standard InChI is InChI=1S/C11H15N3O2/c15-11(13-8-10-4-2-6-16-10)14-9-3-1-5-12-7-9/h1,3,5,7,10H,2,4,6,8H2,(H2,13,14,15)/t10-/m0/s1. The Labute approximate surface area is 94.2 Å². The van der Waals surface area contributed by atoms with Gasteiger partial charge in [0.05, 0.1) is 18.0 Å². The third-order valence-corrected chi connectivity index (χ3v) is 2.43. The topological polar surface area (TPSA) is 63.2 Å². The second-order valence-corrected chi connectivity index (χ2v) is 3.71. The quantitative estimate of drug-likeness (QED) is 0.810. The predicted octanol–water partition coefficient (Wildman–Crippen LogP) is 1.38. The fraction of sp³-hybridized carbons (Fsp3) is 0.455. The number of hydrogen-bond donors (Lipinski definition) is 2. The SMILES string of the molecule is O=C(NC[C@@H]1CCCO1)Nc1cccnc1. The van der Waals surface area contributed by atoms with Crippen LogP contribution in [0, 0.1) is 0 Å². The molecule has 1 aromatic rings. The summed E-state index contributed by atoms with van der Waals surface area (Å²) >= 11 is 0. The van der Waals surface area contributed by atoms with Crippen molar-refractivity contribution in [3.05, 3.63) is 24.5 Å². The maximum absolute atomic E-state index is 11.5. The molecule has 0 unspecified atom stereocenters. The number of pyridine rings is 1. The van der Waals surface area contributed by atoms with Crippen LogP contribution in [-0.4, -0.2) is 30.3 Å². The van der Waals surface area contributed by atoms with Crippen molar-refractivity contribution in [3.8, 4) is 0 Å². The van der Waals surface area contributed by atoms with Crippen molar-refractivity contribution in [2.45, 2.75) is 18.9 Å². The molecule has 1 aliphatic heterocycles. The molecule has 0 aliphatic carbocycles. The Bertz CT molecular complexity index is 336. The van der Waals surface area contributed by atoms with Crippen molar-refractivity contribution in [2.24, 2.45) is 0 Å². The normalized spacial score (nSPS) is 19.4. The van der Waals surface area contributed by atoms with Crippen LogP contribution in [0.1, 0.15) is 12.8 Å². The summed E-state index contributed by atoms with van der Waals surface area (Å²) in [5, 5.41) is 5.47. The molecule has 2 amide bonds. The summed E-state index contributed by atoms with van der Waals surface area (Å²) < 4.78 is 5.40. The van der Waals surface area contributed by atoms with Crippen LogP contribution in [0.3, 0.4) is 0 Å². The number of aromatic nitrogens is 1. The molecule has 2 N–H and O–H groups in total. The molecule has 2 heterocycles. The fourth-order valence-electron chi connectivity index (χ4n) is 1.62. The molecule has 0 radical (unpaired) electrons. The van der Waals surface area contributed by atoms with E-state index in [-0.39, 0.29) is 12.1 Å². The summed E-state index contributed by atoms with van der Waals surface area (Å²) in [5.74, 6) is 0. The van der Waals surface area contributed by atoms with Crippen molar-refractivity contribution < 1.29 is 9.53 Å². The van der Waals surface area contributed by atoms with Crippen molar-refractivity contribution in [1.82, 2.24) is 10.3 Å². The first-order valence-corrected chi connectivity index (χ1v) is 5.41. The van der Waals surface area contributed by atoms with Crippen LogP contribution in [0.4, 0.5) is 10.5 Å². The number of nitrogens with zero attached hydrogens (tertiary/aromatic N) is 1. The van der Waals surface area contributed by atoms with E-state index in [1.807, 2.05) is 0 Å². The van der Waals surface area contributed by atoms with Crippen molar-refractivity contribution in [1.29, 1.82) is 0 Å². The Balaban J connectivity index is 1.72. The average Bonchev–Trinajstić information content (AvgIpc) is 2.81. The van der Waals surface area contributed by atoms with E-state index in [4.69, 9.17) is 4.74 Å². The van der Waals surface area contributed by atoms with Crippen LogP contribution < -0.4 is 10.6 Å². The van der Waals surface area contributed by atoms with Crippen LogP contribution in [-0.2, 0) is 4.74 Å². The zero-order chi connectivity index (χ0) is 11.2. The summed E-state index contributed by atoms with van der Waals surface area (Å²) in [4.78, 5) is 15.4. The first-order valence-electron chi connectivity index (χ1n) is 5.41. The lowest BCUT2D eigenvalue weighted by Crippen LogP contribution is -2.35. The highest BCUT2D eigenvalue weighted by atomic mass is 16.5. The number of carbonyl (C=O) groups is 1. The zero-order valence-electron chi connectivity index (χ0n) is 8.98. The van der Waals surface area contributed by atoms with Crippen LogP contribution >= 0.6 is 0 Å². The molecule has 0 spiro atoms. The highest BCUT2D eigenvalue weighted by Gasteiger charge is 2.15. The van der Waals surface area contributed by atoms with E-state index < -0.39 is 0 Å². The minimum Gasteiger partial charge on any atom is -0.376 e. The molecule has 1 aromatic heterocycles. The molecule has 1 aliphatic rings. The maximum atomic E-state index is 11.5. The number of hydrogen-bond acceptors (Lipinski definition) is 3. The Hall–Kier alpha value is -1.62. The largest absolute Gasteiger partial charge is 0.376 e. The lowest BCUT2D eigenvalue weighted by Gasteiger charge is -2.11. The number of amides is 2. The lowest BCUT2D eigenvalue weighted by atomic mass is 10.2. The van der Waals surface area contributed by atoms with Gasteiger partial charge >= 0.3 is 6.03 Å². The Morgan fingerprint density at radius 2 is 2.56 bits per heavy atom. The molecule has 5 nitrogen and oxygen atoms in total. The zero-order valence-corrected chi connectivity index (χ0v) is 8.98. The molecule has 2 rings (SSSR count). The first-order chi connectivity index (χ1) is 7.84. The van der Waals surface area contributed by atoms with E-state index in [9.17, 15) is 4.79 Å². The van der Waals surface area contributed by atoms with Gasteiger partial charge in [-0.05, 0) is 25.0 Å². The molecule has 1 saturated heterocycles. The van der Waals surface area contributed by atoms with Crippen LogP contribution in [0.15, 0.2) is 24.5 Å². The van der Waals surface area contributed by atoms with E-state index in [1.54, 1.807) is 24.5 Å². The lowest BCUT2D eigenvalue weighted by molar-refractivity contribution is 0.112. The van der Waals surface area contributed by atoms with Crippen molar-refractivity contribution in [3.63, 3.8) is 0 Å². The molecule has 16 heavy (non-hydrogen) atoms. The van der Waals surface area contributed by atoms with Crippen LogP contribution in [0.2, 0.25) is 0 Å². The molecular weight excluding hydrogens is 206 g/mol. The Morgan fingerprint density at radius 1 is 1.62 bits per heavy atom. The third kappa shape index (κ3) is 3.20. The van der Waals surface area contributed by atoms with Gasteiger partial charge in [-0.15, -0.1) is 0 Å². The van der Waals surface area contributed by atoms with Gasteiger partial charge in [0, 0.05) is 19.3 Å². The summed E-state index contributed by atoms with van der Waals surface area (Å²) in [5.41, 5.74) is 0.687. The molecule has 86 valence electrons. The Morgan fingerprint density at radius 3 is 3.25 bits per heavy atom. The molecule has 5 heteroatoms. The maximum Gasteiger partial charge on any atom is 0.319 e. The number of rotatable bonds is 3. The highest BCUT2D eigenvalue weighted by molar-refractivity contribution is 5.88. The number of ether oxygens (including phenoxy) is 1. The van der Waals surface area contributed by atoms with E-state index in [2.05, 4.69) is 15.6 Å². The van der Waals surface area contributed by atoms with Crippen LogP contribution in [0.25, 0.3) is 0 Å². The van der Waals surface area contributed by atoms with E-state index in [0.717, 1.165) is 19.4 Å². The minimum absolute atomic E-state index is 0.166. The molecular formula is C11H15N3O2. The van der Waals surface area contributed by atoms with Gasteiger partial charge in [0.25, 0.3) is 0 Å². The summed E-state index contributed by atoms with van der Waals surface area (Å²) in [6.45, 7) is 1.36. The van der Waals surface area contributed by atoms with Crippen molar-refractivity contribution in [2.75, 3.05) is 18.5 Å². The predicted molar refractivity (Wildman–Crippen MR) is 60.2 cm³/mol. The van der Waals surface area contributed by atoms with Gasteiger partial charge in [-0.1, -0.05) is 0 Å². The van der Waals surface area contributed by atoms with Crippen molar-refractivity contribution >= 4 is 11.7 Å². The van der Waals surface area contributed by atoms with E-state index in [0.29, 0.717) is 12.2 Å². The number of nitrogens with one attached hydrogen (secondary N) is 2. The van der Waals surface area contributed by atoms with Gasteiger partial charge < -0.3 is 15.4 Å². The molecule has 0 aromatic carbocycles. The summed E-state index contributed by atoms with van der Waals surface area (Å²) in [6, 6.07) is 3.34. The van der Waals surface area contributed by atoms with Gasteiger partial charge in [0.15, 0.2) is 0 Å². The van der Waals surface area contributed by atoms with E-state index >= 15 is 0 Å². The monoisotopic (exact) mass is 221 g/mol. The molecule has 0 bridgehead atoms. The first kappa shape index (κ1) is 10.9.